The number of carbonyl (C=O) groups is 1. The standard InChI is InChI=1S/C17H14FN3O/c1-11-4-2-3-5-14(11)19-17(22)16-10-15(20-21-16)12-6-8-13(18)9-7-12/h2-10H,1H3,(H,19,22)(H,20,21). The van der Waals surface area contributed by atoms with Gasteiger partial charge in [-0.1, -0.05) is 18.2 Å². The van der Waals surface area contributed by atoms with Crippen LogP contribution in [-0.2, 0) is 0 Å². The fraction of sp³-hybridized carbons (Fsp3) is 0.0588. The summed E-state index contributed by atoms with van der Waals surface area (Å²) < 4.78 is 12.9. The fourth-order valence-electron chi connectivity index (χ4n) is 2.11. The van der Waals surface area contributed by atoms with Crippen LogP contribution in [0.5, 0.6) is 0 Å². The van der Waals surface area contributed by atoms with E-state index < -0.39 is 0 Å². The first-order valence-electron chi connectivity index (χ1n) is 6.82. The van der Waals surface area contributed by atoms with Crippen molar-refractivity contribution in [2.45, 2.75) is 6.92 Å². The maximum Gasteiger partial charge on any atom is 0.273 e. The Morgan fingerprint density at radius 2 is 1.86 bits per heavy atom. The summed E-state index contributed by atoms with van der Waals surface area (Å²) in [4.78, 5) is 12.2. The van der Waals surface area contributed by atoms with E-state index in [4.69, 9.17) is 0 Å². The Hall–Kier alpha value is -2.95. The van der Waals surface area contributed by atoms with Crippen LogP contribution >= 0.6 is 0 Å². The summed E-state index contributed by atoms with van der Waals surface area (Å²) in [6, 6.07) is 15.1. The number of hydrogen-bond acceptors (Lipinski definition) is 2. The Labute approximate surface area is 127 Å². The second-order valence-corrected chi connectivity index (χ2v) is 4.94. The molecule has 5 heteroatoms. The fourth-order valence-corrected chi connectivity index (χ4v) is 2.11. The van der Waals surface area contributed by atoms with Crippen molar-refractivity contribution >= 4 is 11.6 Å². The van der Waals surface area contributed by atoms with Gasteiger partial charge in [0.15, 0.2) is 0 Å². The van der Waals surface area contributed by atoms with Crippen LogP contribution in [0.4, 0.5) is 10.1 Å². The molecule has 0 spiro atoms. The molecule has 0 aliphatic heterocycles. The second kappa shape index (κ2) is 5.81. The van der Waals surface area contributed by atoms with Crippen LogP contribution in [0.2, 0.25) is 0 Å². The number of nitrogens with one attached hydrogen (secondary N) is 2. The van der Waals surface area contributed by atoms with Crippen molar-refractivity contribution in [3.8, 4) is 11.3 Å². The highest BCUT2D eigenvalue weighted by Crippen LogP contribution is 2.19. The molecule has 0 unspecified atom stereocenters. The van der Waals surface area contributed by atoms with E-state index in [2.05, 4.69) is 15.5 Å². The number of halogens is 1. The van der Waals surface area contributed by atoms with Gasteiger partial charge in [-0.25, -0.2) is 4.39 Å². The van der Waals surface area contributed by atoms with Gasteiger partial charge in [0.25, 0.3) is 5.91 Å². The molecule has 0 radical (unpaired) electrons. The van der Waals surface area contributed by atoms with E-state index in [9.17, 15) is 9.18 Å². The minimum atomic E-state index is -0.309. The van der Waals surface area contributed by atoms with Crippen molar-refractivity contribution in [1.82, 2.24) is 10.2 Å². The minimum Gasteiger partial charge on any atom is -0.320 e. The minimum absolute atomic E-state index is 0.268. The van der Waals surface area contributed by atoms with Gasteiger partial charge in [-0.15, -0.1) is 0 Å². The molecule has 1 aromatic heterocycles. The van der Waals surface area contributed by atoms with Gasteiger partial charge in [0.05, 0.1) is 5.69 Å². The molecule has 0 fully saturated rings. The summed E-state index contributed by atoms with van der Waals surface area (Å²) in [5.41, 5.74) is 3.42. The van der Waals surface area contributed by atoms with Crippen LogP contribution in [0.3, 0.4) is 0 Å². The molecule has 0 aliphatic rings. The molecule has 2 aromatic carbocycles. The number of amides is 1. The van der Waals surface area contributed by atoms with E-state index in [0.717, 1.165) is 16.8 Å². The van der Waals surface area contributed by atoms with Gasteiger partial charge in [-0.05, 0) is 48.9 Å². The molecule has 0 aliphatic carbocycles. The number of aryl methyl sites for hydroxylation is 1. The van der Waals surface area contributed by atoms with Crippen LogP contribution in [0.15, 0.2) is 54.6 Å². The summed E-state index contributed by atoms with van der Waals surface area (Å²) in [5, 5.41) is 9.63. The highest BCUT2D eigenvalue weighted by Gasteiger charge is 2.12. The molecule has 3 aromatic rings. The lowest BCUT2D eigenvalue weighted by atomic mass is 10.1. The molecule has 1 amide bonds. The lowest BCUT2D eigenvalue weighted by Crippen LogP contribution is -2.13. The number of carbonyl (C=O) groups excluding carboxylic acids is 1. The second-order valence-electron chi connectivity index (χ2n) is 4.94. The monoisotopic (exact) mass is 295 g/mol. The number of benzene rings is 2. The van der Waals surface area contributed by atoms with Gasteiger partial charge in [-0.2, -0.15) is 5.10 Å². The largest absolute Gasteiger partial charge is 0.320 e. The highest BCUT2D eigenvalue weighted by atomic mass is 19.1. The predicted octanol–water partition coefficient (Wildman–Crippen LogP) is 3.78. The molecule has 0 atom stereocenters. The molecule has 4 nitrogen and oxygen atoms in total. The molecule has 1 heterocycles. The van der Waals surface area contributed by atoms with Gasteiger partial charge < -0.3 is 5.32 Å². The van der Waals surface area contributed by atoms with Crippen molar-refractivity contribution in [3.63, 3.8) is 0 Å². The maximum absolute atomic E-state index is 12.9. The van der Waals surface area contributed by atoms with E-state index >= 15 is 0 Å². The van der Waals surface area contributed by atoms with E-state index in [1.165, 1.54) is 12.1 Å². The summed E-state index contributed by atoms with van der Waals surface area (Å²) in [7, 11) is 0. The van der Waals surface area contributed by atoms with Gasteiger partial charge in [0.2, 0.25) is 0 Å². The third kappa shape index (κ3) is 2.88. The maximum atomic E-state index is 12.9. The Balaban J connectivity index is 1.80. The van der Waals surface area contributed by atoms with Crippen molar-refractivity contribution < 1.29 is 9.18 Å². The zero-order valence-electron chi connectivity index (χ0n) is 11.9. The Kier molecular flexibility index (Phi) is 3.70. The molecule has 0 saturated carbocycles. The average molecular weight is 295 g/mol. The third-order valence-electron chi connectivity index (χ3n) is 3.36. The van der Waals surface area contributed by atoms with E-state index in [1.807, 2.05) is 31.2 Å². The first-order chi connectivity index (χ1) is 10.6. The van der Waals surface area contributed by atoms with Crippen LogP contribution in [0.1, 0.15) is 16.1 Å². The highest BCUT2D eigenvalue weighted by molar-refractivity contribution is 6.03. The number of H-pyrrole nitrogens is 1. The van der Waals surface area contributed by atoms with Gasteiger partial charge in [-0.3, -0.25) is 9.89 Å². The molecular weight excluding hydrogens is 281 g/mol. The summed E-state index contributed by atoms with van der Waals surface area (Å²) in [5.74, 6) is -0.577. The Morgan fingerprint density at radius 3 is 2.59 bits per heavy atom. The quantitative estimate of drug-likeness (QED) is 0.772. The van der Waals surface area contributed by atoms with Crippen molar-refractivity contribution in [1.29, 1.82) is 0 Å². The molecule has 110 valence electrons. The number of aromatic amines is 1. The Bertz CT molecular complexity index is 809. The number of aromatic nitrogens is 2. The number of para-hydroxylation sites is 1. The topological polar surface area (TPSA) is 57.8 Å². The van der Waals surface area contributed by atoms with E-state index in [0.29, 0.717) is 11.4 Å². The van der Waals surface area contributed by atoms with Gasteiger partial charge in [0.1, 0.15) is 11.5 Å². The van der Waals surface area contributed by atoms with E-state index in [1.54, 1.807) is 18.2 Å². The SMILES string of the molecule is Cc1ccccc1NC(=O)c1cc(-c2ccc(F)cc2)n[nH]1. The van der Waals surface area contributed by atoms with Gasteiger partial charge in [0, 0.05) is 11.3 Å². The van der Waals surface area contributed by atoms with Crippen LogP contribution in [0.25, 0.3) is 11.3 Å². The normalized spacial score (nSPS) is 10.5. The lowest BCUT2D eigenvalue weighted by molar-refractivity contribution is 0.102. The number of rotatable bonds is 3. The number of nitrogens with zero attached hydrogens (tertiary/aromatic N) is 1. The Morgan fingerprint density at radius 1 is 1.14 bits per heavy atom. The zero-order valence-corrected chi connectivity index (χ0v) is 11.9. The van der Waals surface area contributed by atoms with Crippen LogP contribution < -0.4 is 5.32 Å². The zero-order chi connectivity index (χ0) is 15.5. The molecule has 22 heavy (non-hydrogen) atoms. The molecule has 3 rings (SSSR count). The molecule has 0 saturated heterocycles. The summed E-state index contributed by atoms with van der Waals surface area (Å²) in [6.45, 7) is 1.92. The third-order valence-corrected chi connectivity index (χ3v) is 3.36. The van der Waals surface area contributed by atoms with Crippen molar-refractivity contribution in [3.05, 3.63) is 71.7 Å². The first-order valence-corrected chi connectivity index (χ1v) is 6.82. The number of hydrogen-bond donors (Lipinski definition) is 2. The summed E-state index contributed by atoms with van der Waals surface area (Å²) >= 11 is 0. The van der Waals surface area contributed by atoms with Crippen LogP contribution in [-0.4, -0.2) is 16.1 Å². The van der Waals surface area contributed by atoms with E-state index in [-0.39, 0.29) is 11.7 Å². The average Bonchev–Trinajstić information content (AvgIpc) is 3.00. The van der Waals surface area contributed by atoms with Crippen LogP contribution in [0, 0.1) is 12.7 Å². The molecule has 0 bridgehead atoms. The van der Waals surface area contributed by atoms with Crippen molar-refractivity contribution in [2.75, 3.05) is 5.32 Å². The molecular formula is C17H14FN3O. The van der Waals surface area contributed by atoms with Gasteiger partial charge >= 0.3 is 0 Å². The number of anilines is 1. The molecule has 2 N–H and O–H groups in total. The first kappa shape index (κ1) is 14.0. The van der Waals surface area contributed by atoms with Crippen molar-refractivity contribution in [2.24, 2.45) is 0 Å². The lowest BCUT2D eigenvalue weighted by Gasteiger charge is -2.06. The predicted molar refractivity (Wildman–Crippen MR) is 83.1 cm³/mol. The smallest absolute Gasteiger partial charge is 0.273 e. The summed E-state index contributed by atoms with van der Waals surface area (Å²) in [6.07, 6.45) is 0.